The number of halogens is 1. The standard InChI is InChI=1S/C14H19ClN2/c1-9(2)10-7-13(15)14(16-8-10)17-11-3-4-12(17)6-5-11/h7-9,11-12H,3-6H2,1-2H3. The van der Waals surface area contributed by atoms with E-state index in [1.54, 1.807) is 0 Å². The van der Waals surface area contributed by atoms with Crippen molar-refractivity contribution in [1.82, 2.24) is 4.98 Å². The van der Waals surface area contributed by atoms with Gasteiger partial charge in [-0.1, -0.05) is 25.4 Å². The van der Waals surface area contributed by atoms with Crippen molar-refractivity contribution in [3.63, 3.8) is 0 Å². The Kier molecular flexibility index (Phi) is 2.78. The van der Waals surface area contributed by atoms with Crippen molar-refractivity contribution in [2.24, 2.45) is 0 Å². The van der Waals surface area contributed by atoms with E-state index in [9.17, 15) is 0 Å². The third kappa shape index (κ3) is 1.83. The van der Waals surface area contributed by atoms with Gasteiger partial charge in [-0.2, -0.15) is 0 Å². The molecule has 3 heterocycles. The molecule has 2 nitrogen and oxygen atoms in total. The maximum atomic E-state index is 6.41. The lowest BCUT2D eigenvalue weighted by molar-refractivity contribution is 0.576. The summed E-state index contributed by atoms with van der Waals surface area (Å²) in [5.74, 6) is 1.51. The van der Waals surface area contributed by atoms with Crippen molar-refractivity contribution in [2.45, 2.75) is 57.5 Å². The van der Waals surface area contributed by atoms with Gasteiger partial charge in [0.05, 0.1) is 5.02 Å². The van der Waals surface area contributed by atoms with E-state index in [4.69, 9.17) is 11.6 Å². The Morgan fingerprint density at radius 2 is 1.82 bits per heavy atom. The first-order valence-electron chi connectivity index (χ1n) is 6.60. The number of nitrogens with zero attached hydrogens (tertiary/aromatic N) is 2. The highest BCUT2D eigenvalue weighted by Crippen LogP contribution is 2.42. The number of fused-ring (bicyclic) bond motifs is 2. The Bertz CT molecular complexity index is 410. The molecule has 1 aromatic heterocycles. The molecule has 0 unspecified atom stereocenters. The summed E-state index contributed by atoms with van der Waals surface area (Å²) in [5, 5.41) is 0.829. The highest BCUT2D eigenvalue weighted by atomic mass is 35.5. The van der Waals surface area contributed by atoms with E-state index in [0.717, 1.165) is 10.8 Å². The molecule has 3 rings (SSSR count). The molecule has 0 aliphatic carbocycles. The van der Waals surface area contributed by atoms with Crippen molar-refractivity contribution < 1.29 is 0 Å². The molecule has 0 aromatic carbocycles. The Morgan fingerprint density at radius 3 is 2.29 bits per heavy atom. The molecule has 2 saturated heterocycles. The Hall–Kier alpha value is -0.760. The molecule has 0 spiro atoms. The Labute approximate surface area is 108 Å². The number of pyridine rings is 1. The molecule has 0 amide bonds. The molecule has 0 atom stereocenters. The summed E-state index contributed by atoms with van der Waals surface area (Å²) < 4.78 is 0. The van der Waals surface area contributed by atoms with Gasteiger partial charge in [-0.05, 0) is 43.2 Å². The minimum Gasteiger partial charge on any atom is -0.349 e. The molecule has 2 aliphatic rings. The molecule has 3 heteroatoms. The van der Waals surface area contributed by atoms with Crippen LogP contribution >= 0.6 is 11.6 Å². The van der Waals surface area contributed by atoms with Gasteiger partial charge in [0.1, 0.15) is 5.82 Å². The normalized spacial score (nSPS) is 27.2. The number of aromatic nitrogens is 1. The summed E-state index contributed by atoms with van der Waals surface area (Å²) in [7, 11) is 0. The molecule has 0 radical (unpaired) electrons. The van der Waals surface area contributed by atoms with Crippen molar-refractivity contribution in [3.8, 4) is 0 Å². The van der Waals surface area contributed by atoms with E-state index >= 15 is 0 Å². The van der Waals surface area contributed by atoms with Crippen molar-refractivity contribution in [1.29, 1.82) is 0 Å². The van der Waals surface area contributed by atoms with Gasteiger partial charge < -0.3 is 4.90 Å². The monoisotopic (exact) mass is 250 g/mol. The maximum Gasteiger partial charge on any atom is 0.147 e. The second-order valence-electron chi connectivity index (χ2n) is 5.60. The predicted octanol–water partition coefficient (Wildman–Crippen LogP) is 3.99. The van der Waals surface area contributed by atoms with Crippen LogP contribution in [-0.2, 0) is 0 Å². The fraction of sp³-hybridized carbons (Fsp3) is 0.643. The third-order valence-corrected chi connectivity index (χ3v) is 4.49. The summed E-state index contributed by atoms with van der Waals surface area (Å²) in [6, 6.07) is 3.47. The molecule has 92 valence electrons. The molecule has 0 saturated carbocycles. The van der Waals surface area contributed by atoms with Gasteiger partial charge in [-0.25, -0.2) is 4.98 Å². The van der Waals surface area contributed by atoms with E-state index in [2.05, 4.69) is 29.8 Å². The van der Waals surface area contributed by atoms with Crippen LogP contribution in [-0.4, -0.2) is 17.1 Å². The predicted molar refractivity (Wildman–Crippen MR) is 71.9 cm³/mol. The van der Waals surface area contributed by atoms with Crippen LogP contribution < -0.4 is 4.90 Å². The van der Waals surface area contributed by atoms with Crippen LogP contribution in [0.3, 0.4) is 0 Å². The van der Waals surface area contributed by atoms with Gasteiger partial charge in [0, 0.05) is 18.3 Å². The minimum atomic E-state index is 0.490. The topological polar surface area (TPSA) is 16.1 Å². The summed E-state index contributed by atoms with van der Waals surface area (Å²) in [6.45, 7) is 4.35. The molecule has 2 aliphatic heterocycles. The smallest absolute Gasteiger partial charge is 0.147 e. The molecule has 0 N–H and O–H groups in total. The number of hydrogen-bond donors (Lipinski definition) is 0. The SMILES string of the molecule is CC(C)c1cnc(N2C3CCC2CC3)c(Cl)c1. The zero-order chi connectivity index (χ0) is 12.0. The maximum absolute atomic E-state index is 6.41. The molecule has 2 fully saturated rings. The fourth-order valence-corrected chi connectivity index (χ4v) is 3.48. The van der Waals surface area contributed by atoms with Crippen LogP contribution in [0.25, 0.3) is 0 Å². The first-order valence-corrected chi connectivity index (χ1v) is 6.98. The Balaban J connectivity index is 1.94. The lowest BCUT2D eigenvalue weighted by atomic mass is 10.0. The van der Waals surface area contributed by atoms with Crippen LogP contribution in [0.2, 0.25) is 5.02 Å². The molecule has 1 aromatic rings. The number of anilines is 1. The average Bonchev–Trinajstić information content (AvgIpc) is 2.88. The van der Waals surface area contributed by atoms with Gasteiger partial charge >= 0.3 is 0 Å². The van der Waals surface area contributed by atoms with Gasteiger partial charge in [0.2, 0.25) is 0 Å². The van der Waals surface area contributed by atoms with Crippen LogP contribution in [0.5, 0.6) is 0 Å². The minimum absolute atomic E-state index is 0.490. The summed E-state index contributed by atoms with van der Waals surface area (Å²) >= 11 is 6.41. The quantitative estimate of drug-likeness (QED) is 0.789. The van der Waals surface area contributed by atoms with Crippen LogP contribution in [0.1, 0.15) is 51.0 Å². The third-order valence-electron chi connectivity index (χ3n) is 4.21. The summed E-state index contributed by atoms with van der Waals surface area (Å²) in [4.78, 5) is 7.08. The summed E-state index contributed by atoms with van der Waals surface area (Å²) in [5.41, 5.74) is 1.23. The van der Waals surface area contributed by atoms with Crippen LogP contribution in [0.4, 0.5) is 5.82 Å². The Morgan fingerprint density at radius 1 is 1.24 bits per heavy atom. The first-order chi connectivity index (χ1) is 8.16. The van der Waals surface area contributed by atoms with E-state index in [1.807, 2.05) is 6.20 Å². The van der Waals surface area contributed by atoms with E-state index in [1.165, 1.54) is 31.2 Å². The second kappa shape index (κ2) is 4.16. The number of hydrogen-bond acceptors (Lipinski definition) is 2. The van der Waals surface area contributed by atoms with Crippen LogP contribution in [0, 0.1) is 0 Å². The van der Waals surface area contributed by atoms with Gasteiger partial charge in [-0.15, -0.1) is 0 Å². The van der Waals surface area contributed by atoms with Crippen molar-refractivity contribution in [2.75, 3.05) is 4.90 Å². The van der Waals surface area contributed by atoms with E-state index in [-0.39, 0.29) is 0 Å². The van der Waals surface area contributed by atoms with Gasteiger partial charge in [-0.3, -0.25) is 0 Å². The van der Waals surface area contributed by atoms with Crippen LogP contribution in [0.15, 0.2) is 12.3 Å². The van der Waals surface area contributed by atoms with Crippen molar-refractivity contribution >= 4 is 17.4 Å². The average molecular weight is 251 g/mol. The first kappa shape index (κ1) is 11.3. The molecular formula is C14H19ClN2. The largest absolute Gasteiger partial charge is 0.349 e. The highest BCUT2D eigenvalue weighted by Gasteiger charge is 2.40. The molecule has 2 bridgehead atoms. The second-order valence-corrected chi connectivity index (χ2v) is 6.01. The highest BCUT2D eigenvalue weighted by molar-refractivity contribution is 6.33. The fourth-order valence-electron chi connectivity index (χ4n) is 3.21. The molecular weight excluding hydrogens is 232 g/mol. The van der Waals surface area contributed by atoms with Gasteiger partial charge in [0.15, 0.2) is 0 Å². The number of rotatable bonds is 2. The zero-order valence-corrected chi connectivity index (χ0v) is 11.2. The molecule has 17 heavy (non-hydrogen) atoms. The van der Waals surface area contributed by atoms with E-state index in [0.29, 0.717) is 18.0 Å². The zero-order valence-electron chi connectivity index (χ0n) is 10.5. The van der Waals surface area contributed by atoms with Crippen molar-refractivity contribution in [3.05, 3.63) is 22.8 Å². The van der Waals surface area contributed by atoms with Gasteiger partial charge in [0.25, 0.3) is 0 Å². The lowest BCUT2D eigenvalue weighted by Gasteiger charge is -2.24. The lowest BCUT2D eigenvalue weighted by Crippen LogP contribution is -2.29. The van der Waals surface area contributed by atoms with E-state index < -0.39 is 0 Å². The summed E-state index contributed by atoms with van der Waals surface area (Å²) in [6.07, 6.45) is 7.25.